The summed E-state index contributed by atoms with van der Waals surface area (Å²) in [6.45, 7) is 12.0. The van der Waals surface area contributed by atoms with Gasteiger partial charge in [-0.1, -0.05) is 6.58 Å². The van der Waals surface area contributed by atoms with E-state index in [0.29, 0.717) is 0 Å². The third kappa shape index (κ3) is 7.14. The quantitative estimate of drug-likeness (QED) is 0.232. The van der Waals surface area contributed by atoms with Crippen LogP contribution in [0.1, 0.15) is 12.8 Å². The van der Waals surface area contributed by atoms with Crippen LogP contribution in [0.5, 0.6) is 0 Å². The van der Waals surface area contributed by atoms with Crippen molar-refractivity contribution < 1.29 is 40.0 Å². The smallest absolute Gasteiger partial charge is 0.437 e. The molecule has 0 aliphatic carbocycles. The fourth-order valence-corrected chi connectivity index (χ4v) is 10.5. The molecule has 148 valence electrons. The first kappa shape index (κ1) is 24.2. The van der Waals surface area contributed by atoms with Crippen LogP contribution < -0.4 is 0 Å². The Morgan fingerprint density at radius 1 is 1.00 bits per heavy atom. The van der Waals surface area contributed by atoms with Crippen LogP contribution in [0.3, 0.4) is 0 Å². The van der Waals surface area contributed by atoms with Crippen molar-refractivity contribution in [2.24, 2.45) is 0 Å². The van der Waals surface area contributed by atoms with Crippen LogP contribution in [0.15, 0.2) is 12.7 Å². The van der Waals surface area contributed by atoms with Crippen molar-refractivity contribution in [2.45, 2.75) is 69.6 Å². The number of rotatable bonds is 8. The van der Waals surface area contributed by atoms with Crippen LogP contribution in [-0.2, 0) is 13.6 Å². The highest BCUT2D eigenvalue weighted by Gasteiger charge is 2.73. The van der Waals surface area contributed by atoms with E-state index in [-0.39, 0.29) is 12.1 Å². The minimum absolute atomic E-state index is 0.0802. The van der Waals surface area contributed by atoms with Gasteiger partial charge in [0, 0.05) is 12.5 Å². The number of carbonyl (C=O) groups excluding carboxylic acids is 1. The second-order valence-corrected chi connectivity index (χ2v) is 16.3. The molecule has 0 N–H and O–H groups in total. The van der Waals surface area contributed by atoms with Crippen LogP contribution in [0.25, 0.3) is 0 Å². The van der Waals surface area contributed by atoms with Crippen molar-refractivity contribution in [3.63, 3.8) is 0 Å². The molecule has 0 rings (SSSR count). The normalized spacial score (nSPS) is 14.4. The first-order chi connectivity index (χ1) is 10.9. The third-order valence-corrected chi connectivity index (χ3v) is 9.46. The molecule has 25 heavy (non-hydrogen) atoms. The first-order valence-electron chi connectivity index (χ1n) is 7.56. The van der Waals surface area contributed by atoms with E-state index in [2.05, 4.69) is 11.3 Å². The van der Waals surface area contributed by atoms with E-state index in [1.54, 1.807) is 13.1 Å². The van der Waals surface area contributed by atoms with Gasteiger partial charge in [0.15, 0.2) is 16.6 Å². The predicted molar refractivity (Wildman–Crippen MR) is 87.1 cm³/mol. The van der Waals surface area contributed by atoms with Crippen molar-refractivity contribution in [3.8, 4) is 0 Å². The molecule has 0 aromatic heterocycles. The van der Waals surface area contributed by atoms with Gasteiger partial charge in [0.2, 0.25) is 0 Å². The maximum absolute atomic E-state index is 13.2. The van der Waals surface area contributed by atoms with Gasteiger partial charge in [0.05, 0.1) is 0 Å². The van der Waals surface area contributed by atoms with Crippen LogP contribution in [-0.4, -0.2) is 40.6 Å². The van der Waals surface area contributed by atoms with E-state index in [4.69, 9.17) is 4.12 Å². The molecule has 0 amide bonds. The molecule has 0 aromatic rings. The maximum Gasteiger partial charge on any atom is 0.437 e. The summed E-state index contributed by atoms with van der Waals surface area (Å²) in [6, 6.07) is 0.0802. The summed E-state index contributed by atoms with van der Waals surface area (Å²) < 4.78 is 89.0. The highest BCUT2D eigenvalue weighted by Crippen LogP contribution is 2.49. The summed E-state index contributed by atoms with van der Waals surface area (Å²) in [7, 11) is -4.41. The van der Waals surface area contributed by atoms with Gasteiger partial charge < -0.3 is 8.85 Å². The summed E-state index contributed by atoms with van der Waals surface area (Å²) in [5.41, 5.74) is -4.55. The van der Waals surface area contributed by atoms with Crippen molar-refractivity contribution in [3.05, 3.63) is 12.7 Å². The van der Waals surface area contributed by atoms with Gasteiger partial charge >= 0.3 is 23.9 Å². The van der Waals surface area contributed by atoms with E-state index in [1.165, 1.54) is 0 Å². The fourth-order valence-electron chi connectivity index (χ4n) is 2.47. The molecule has 0 aliphatic rings. The van der Waals surface area contributed by atoms with Gasteiger partial charge in [0.1, 0.15) is 0 Å². The van der Waals surface area contributed by atoms with Gasteiger partial charge in [-0.05, 0) is 45.2 Å². The zero-order valence-corrected chi connectivity index (χ0v) is 16.9. The van der Waals surface area contributed by atoms with E-state index >= 15 is 0 Å². The summed E-state index contributed by atoms with van der Waals surface area (Å²) in [4.78, 5) is 11.1. The third-order valence-electron chi connectivity index (χ3n) is 3.25. The Morgan fingerprint density at radius 2 is 1.44 bits per heavy atom. The van der Waals surface area contributed by atoms with Gasteiger partial charge in [0.25, 0.3) is 0 Å². The summed E-state index contributed by atoms with van der Waals surface area (Å²) in [6.07, 6.45) is -13.2. The topological polar surface area (TPSA) is 35.5 Å². The molecule has 0 spiro atoms. The molecule has 0 saturated carbocycles. The van der Waals surface area contributed by atoms with Crippen LogP contribution in [0.4, 0.5) is 26.3 Å². The average Bonchev–Trinajstić information content (AvgIpc) is 2.31. The van der Waals surface area contributed by atoms with Gasteiger partial charge in [-0.3, -0.25) is 0 Å². The minimum atomic E-state index is -5.80. The molecule has 0 atom stereocenters. The summed E-state index contributed by atoms with van der Waals surface area (Å²) in [5, 5.41) is 0. The lowest BCUT2D eigenvalue weighted by atomic mass is 9.96. The highest BCUT2D eigenvalue weighted by molar-refractivity contribution is 6.84. The van der Waals surface area contributed by atoms with Crippen LogP contribution in [0, 0.1) is 0 Å². The van der Waals surface area contributed by atoms with E-state index in [1.807, 2.05) is 19.6 Å². The monoisotopic (exact) mass is 410 g/mol. The number of hydrogen-bond acceptors (Lipinski definition) is 3. The molecule has 3 nitrogen and oxygen atoms in total. The molecule has 11 heteroatoms. The Hall–Kier alpha value is -0.816. The molecule has 0 bridgehead atoms. The zero-order valence-electron chi connectivity index (χ0n) is 14.9. The van der Waals surface area contributed by atoms with Crippen LogP contribution >= 0.6 is 0 Å². The summed E-state index contributed by atoms with van der Waals surface area (Å²) in [5.74, 6) is -1.77. The molecule has 0 radical (unpaired) electrons. The number of esters is 1. The minimum Gasteiger partial charge on any atom is -0.456 e. The Kier molecular flexibility index (Phi) is 7.57. The molecular weight excluding hydrogens is 386 g/mol. The molecular formula is C14H24F6O3Si2. The molecule has 0 saturated heterocycles. The van der Waals surface area contributed by atoms with Crippen molar-refractivity contribution in [1.29, 1.82) is 0 Å². The Balaban J connectivity index is 5.46. The van der Waals surface area contributed by atoms with Gasteiger partial charge in [-0.2, -0.15) is 26.3 Å². The molecule has 0 heterocycles. The molecule has 0 fully saturated rings. The van der Waals surface area contributed by atoms with E-state index in [0.717, 1.165) is 0 Å². The second-order valence-electron chi connectivity index (χ2n) is 7.28. The predicted octanol–water partition coefficient (Wildman–Crippen LogP) is 5.42. The average molecular weight is 411 g/mol. The first-order valence-corrected chi connectivity index (χ1v) is 14.1. The largest absolute Gasteiger partial charge is 0.456 e. The number of alkyl halides is 6. The lowest BCUT2D eigenvalue weighted by molar-refractivity contribution is -0.370. The van der Waals surface area contributed by atoms with Crippen molar-refractivity contribution in [2.75, 3.05) is 0 Å². The second kappa shape index (κ2) is 7.83. The van der Waals surface area contributed by atoms with Gasteiger partial charge in [-0.25, -0.2) is 4.79 Å². The standard InChI is InChI=1S/C14H24F6O3Si2/c1-7-11(21)22-12(13(15,16)17,14(18,19)20)9-8-10-25(5,6)23-24(2,3)4/h7H,1,8-10H2,2-6H3. The number of hydrogen-bond donors (Lipinski definition) is 0. The maximum atomic E-state index is 13.2. The molecule has 0 unspecified atom stereocenters. The number of ether oxygens (including phenoxy) is 1. The number of halogens is 6. The van der Waals surface area contributed by atoms with Crippen molar-refractivity contribution in [1.82, 2.24) is 0 Å². The SMILES string of the molecule is C=CC(=O)OC(CCC[Si](C)(C)O[Si](C)(C)C)(C(F)(F)F)C(F)(F)F. The Bertz CT molecular complexity index is 466. The molecule has 0 aromatic carbocycles. The molecule has 0 aliphatic heterocycles. The van der Waals surface area contributed by atoms with E-state index in [9.17, 15) is 31.1 Å². The van der Waals surface area contributed by atoms with Crippen molar-refractivity contribution >= 4 is 22.6 Å². The Morgan fingerprint density at radius 3 is 1.76 bits per heavy atom. The fraction of sp³-hybridized carbons (Fsp3) is 0.786. The van der Waals surface area contributed by atoms with Crippen LogP contribution in [0.2, 0.25) is 38.8 Å². The lowest BCUT2D eigenvalue weighted by Crippen LogP contribution is -2.59. The highest BCUT2D eigenvalue weighted by atomic mass is 28.4. The van der Waals surface area contributed by atoms with Gasteiger partial charge in [-0.15, -0.1) is 0 Å². The lowest BCUT2D eigenvalue weighted by Gasteiger charge is -2.37. The summed E-state index contributed by atoms with van der Waals surface area (Å²) >= 11 is 0. The van der Waals surface area contributed by atoms with E-state index < -0.39 is 53.4 Å². The zero-order chi connectivity index (χ0) is 20.3. The Labute approximate surface area is 145 Å². The number of carbonyl (C=O) groups is 1.